The van der Waals surface area contributed by atoms with Crippen LogP contribution < -0.4 is 5.73 Å². The van der Waals surface area contributed by atoms with Gasteiger partial charge in [-0.05, 0) is 47.5 Å². The average Bonchev–Trinajstić information content (AvgIpc) is 3.18. The minimum absolute atomic E-state index is 0.268. The summed E-state index contributed by atoms with van der Waals surface area (Å²) in [6.45, 7) is 0. The van der Waals surface area contributed by atoms with Gasteiger partial charge in [0.25, 0.3) is 0 Å². The van der Waals surface area contributed by atoms with E-state index in [-0.39, 0.29) is 12.1 Å². The molecule has 0 aromatic heterocycles. The Morgan fingerprint density at radius 3 is 2.90 bits per heavy atom. The zero-order chi connectivity index (χ0) is 14.2. The molecule has 21 heavy (non-hydrogen) atoms. The second-order valence-electron chi connectivity index (χ2n) is 6.37. The van der Waals surface area contributed by atoms with Gasteiger partial charge in [0.05, 0.1) is 6.26 Å². The van der Waals surface area contributed by atoms with E-state index >= 15 is 0 Å². The molecule has 1 heterocycles. The van der Waals surface area contributed by atoms with Gasteiger partial charge in [-0.2, -0.15) is 0 Å². The predicted octanol–water partition coefficient (Wildman–Crippen LogP) is 3.36. The van der Waals surface area contributed by atoms with Gasteiger partial charge in [0.2, 0.25) is 0 Å². The summed E-state index contributed by atoms with van der Waals surface area (Å²) >= 11 is 0. The molecule has 0 saturated heterocycles. The highest BCUT2D eigenvalue weighted by Crippen LogP contribution is 2.48. The molecule has 2 heteroatoms. The van der Waals surface area contributed by atoms with Crippen molar-refractivity contribution >= 4 is 0 Å². The molecule has 2 nitrogen and oxygen atoms in total. The number of benzene rings is 1. The molecule has 108 valence electrons. The van der Waals surface area contributed by atoms with Gasteiger partial charge in [0, 0.05) is 12.5 Å². The van der Waals surface area contributed by atoms with Crippen LogP contribution in [-0.4, -0.2) is 12.1 Å². The lowest BCUT2D eigenvalue weighted by molar-refractivity contribution is 0.198. The fourth-order valence-electron chi connectivity index (χ4n) is 3.59. The van der Waals surface area contributed by atoms with Gasteiger partial charge < -0.3 is 10.5 Å². The van der Waals surface area contributed by atoms with Crippen molar-refractivity contribution in [3.8, 4) is 0 Å². The van der Waals surface area contributed by atoms with Crippen molar-refractivity contribution in [3.63, 3.8) is 0 Å². The first-order valence-electron chi connectivity index (χ1n) is 7.84. The first-order chi connectivity index (χ1) is 10.3. The van der Waals surface area contributed by atoms with Crippen molar-refractivity contribution in [2.75, 3.05) is 0 Å². The van der Waals surface area contributed by atoms with Crippen LogP contribution in [0.2, 0.25) is 0 Å². The quantitative estimate of drug-likeness (QED) is 0.917. The van der Waals surface area contributed by atoms with Crippen molar-refractivity contribution in [2.45, 2.75) is 31.4 Å². The second-order valence-corrected chi connectivity index (χ2v) is 6.37. The summed E-state index contributed by atoms with van der Waals surface area (Å²) in [6, 6.07) is 10.8. The fraction of sp³-hybridized carbons (Fsp3) is 0.368. The van der Waals surface area contributed by atoms with Crippen molar-refractivity contribution < 1.29 is 4.74 Å². The van der Waals surface area contributed by atoms with Gasteiger partial charge in [-0.3, -0.25) is 0 Å². The Kier molecular flexibility index (Phi) is 3.19. The molecule has 0 bridgehead atoms. The molecule has 3 aliphatic rings. The van der Waals surface area contributed by atoms with Crippen molar-refractivity contribution in [1.82, 2.24) is 0 Å². The first-order valence-corrected chi connectivity index (χ1v) is 7.84. The van der Waals surface area contributed by atoms with Crippen LogP contribution in [0.25, 0.3) is 0 Å². The molecule has 2 N–H and O–H groups in total. The van der Waals surface area contributed by atoms with E-state index in [4.69, 9.17) is 10.5 Å². The molecule has 1 aromatic rings. The molecule has 4 rings (SSSR count). The number of allylic oxidation sites excluding steroid dienone is 2. The molecular weight excluding hydrogens is 258 g/mol. The lowest BCUT2D eigenvalue weighted by Gasteiger charge is -2.18. The Labute approximate surface area is 126 Å². The summed E-state index contributed by atoms with van der Waals surface area (Å²) in [5.41, 5.74) is 10.6. The van der Waals surface area contributed by atoms with Gasteiger partial charge in [-0.15, -0.1) is 0 Å². The van der Waals surface area contributed by atoms with Crippen LogP contribution in [-0.2, 0) is 11.2 Å². The highest BCUT2D eigenvalue weighted by Gasteiger charge is 2.43. The first kappa shape index (κ1) is 12.9. The Morgan fingerprint density at radius 2 is 2.05 bits per heavy atom. The van der Waals surface area contributed by atoms with Crippen LogP contribution >= 0.6 is 0 Å². The number of ether oxygens (including phenoxy) is 1. The molecule has 0 spiro atoms. The predicted molar refractivity (Wildman–Crippen MR) is 84.5 cm³/mol. The van der Waals surface area contributed by atoms with E-state index in [1.807, 2.05) is 6.26 Å². The van der Waals surface area contributed by atoms with Gasteiger partial charge >= 0.3 is 0 Å². The van der Waals surface area contributed by atoms with E-state index in [2.05, 4.69) is 48.6 Å². The van der Waals surface area contributed by atoms with E-state index in [0.717, 1.165) is 12.8 Å². The Hall–Kier alpha value is -1.80. The summed E-state index contributed by atoms with van der Waals surface area (Å²) in [4.78, 5) is 0. The summed E-state index contributed by atoms with van der Waals surface area (Å²) < 4.78 is 5.54. The molecule has 1 aliphatic heterocycles. The van der Waals surface area contributed by atoms with Crippen molar-refractivity contribution in [1.29, 1.82) is 0 Å². The van der Waals surface area contributed by atoms with Gasteiger partial charge in [-0.1, -0.05) is 42.5 Å². The van der Waals surface area contributed by atoms with Crippen molar-refractivity contribution in [2.24, 2.45) is 17.6 Å². The summed E-state index contributed by atoms with van der Waals surface area (Å²) in [5.74, 6) is 1.29. The molecule has 1 aromatic carbocycles. The van der Waals surface area contributed by atoms with Crippen LogP contribution in [0.3, 0.4) is 0 Å². The average molecular weight is 279 g/mol. The largest absolute Gasteiger partial charge is 0.493 e. The fourth-order valence-corrected chi connectivity index (χ4v) is 3.59. The number of rotatable bonds is 4. The number of fused-ring (bicyclic) bond motifs is 1. The summed E-state index contributed by atoms with van der Waals surface area (Å²) in [7, 11) is 0. The summed E-state index contributed by atoms with van der Waals surface area (Å²) in [6.07, 6.45) is 12.1. The van der Waals surface area contributed by atoms with E-state index in [1.165, 1.54) is 23.1 Å². The third-order valence-electron chi connectivity index (χ3n) is 4.91. The standard InChI is InChI=1S/C19H21NO/c20-18(10-13-4-2-1-3-5-13)17-12-16(17)14-6-7-19-15(11-14)8-9-21-19/h1-6,8-9,11,16-19H,7,10,12,20H2. The Bertz CT molecular complexity index is 614. The highest BCUT2D eigenvalue weighted by atomic mass is 16.5. The molecule has 4 atom stereocenters. The second kappa shape index (κ2) is 5.19. The highest BCUT2D eigenvalue weighted by molar-refractivity contribution is 5.42. The van der Waals surface area contributed by atoms with Crippen molar-refractivity contribution in [3.05, 3.63) is 71.5 Å². The minimum atomic E-state index is 0.268. The van der Waals surface area contributed by atoms with Gasteiger partial charge in [0.1, 0.15) is 6.10 Å². The molecule has 1 fully saturated rings. The number of nitrogens with two attached hydrogens (primary N) is 1. The third kappa shape index (κ3) is 2.56. The molecule has 4 unspecified atom stereocenters. The lowest BCUT2D eigenvalue weighted by atomic mass is 9.93. The van der Waals surface area contributed by atoms with Gasteiger partial charge in [-0.25, -0.2) is 0 Å². The SMILES string of the molecule is NC(Cc1ccccc1)C1CC1C1=CCC2OC=CC2=C1. The summed E-state index contributed by atoms with van der Waals surface area (Å²) in [5, 5.41) is 0. The van der Waals surface area contributed by atoms with Crippen LogP contribution in [0.1, 0.15) is 18.4 Å². The number of hydrogen-bond acceptors (Lipinski definition) is 2. The maximum atomic E-state index is 6.43. The monoisotopic (exact) mass is 279 g/mol. The normalized spacial score (nSPS) is 31.0. The third-order valence-corrected chi connectivity index (χ3v) is 4.91. The van der Waals surface area contributed by atoms with Crippen LogP contribution in [0.15, 0.2) is 66.0 Å². The van der Waals surface area contributed by atoms with Crippen LogP contribution in [0, 0.1) is 11.8 Å². The van der Waals surface area contributed by atoms with E-state index in [0.29, 0.717) is 11.8 Å². The molecule has 0 radical (unpaired) electrons. The molecular formula is C19H21NO. The number of hydrogen-bond donors (Lipinski definition) is 1. The smallest absolute Gasteiger partial charge is 0.126 e. The van der Waals surface area contributed by atoms with E-state index in [9.17, 15) is 0 Å². The molecule has 2 aliphatic carbocycles. The Morgan fingerprint density at radius 1 is 1.19 bits per heavy atom. The Balaban J connectivity index is 1.40. The zero-order valence-electron chi connectivity index (χ0n) is 12.1. The van der Waals surface area contributed by atoms with Crippen LogP contribution in [0.4, 0.5) is 0 Å². The van der Waals surface area contributed by atoms with E-state index in [1.54, 1.807) is 0 Å². The van der Waals surface area contributed by atoms with Gasteiger partial charge in [0.15, 0.2) is 0 Å². The maximum absolute atomic E-state index is 6.43. The maximum Gasteiger partial charge on any atom is 0.126 e. The minimum Gasteiger partial charge on any atom is -0.493 e. The van der Waals surface area contributed by atoms with E-state index < -0.39 is 0 Å². The zero-order valence-corrected chi connectivity index (χ0v) is 12.1. The lowest BCUT2D eigenvalue weighted by Crippen LogP contribution is -2.26. The molecule has 1 saturated carbocycles. The van der Waals surface area contributed by atoms with Crippen LogP contribution in [0.5, 0.6) is 0 Å². The topological polar surface area (TPSA) is 35.2 Å². The molecule has 0 amide bonds.